The Bertz CT molecular complexity index is 463. The highest BCUT2D eigenvalue weighted by atomic mass is 16.5. The van der Waals surface area contributed by atoms with E-state index in [0.29, 0.717) is 13.1 Å². The van der Waals surface area contributed by atoms with Gasteiger partial charge in [-0.25, -0.2) is 0 Å². The summed E-state index contributed by atoms with van der Waals surface area (Å²) >= 11 is 0. The number of benzene rings is 2. The summed E-state index contributed by atoms with van der Waals surface area (Å²) < 4.78 is 4.80. The van der Waals surface area contributed by atoms with Gasteiger partial charge in [-0.3, -0.25) is 4.79 Å². The molecule has 2 nitrogen and oxygen atoms in total. The molecule has 0 saturated heterocycles. The van der Waals surface area contributed by atoms with E-state index in [1.807, 2.05) is 54.6 Å². The van der Waals surface area contributed by atoms with Gasteiger partial charge >= 0.3 is 0 Å². The van der Waals surface area contributed by atoms with Gasteiger partial charge < -0.3 is 4.74 Å². The Morgan fingerprint density at radius 3 is 2.38 bits per heavy atom. The van der Waals surface area contributed by atoms with Gasteiger partial charge in [-0.2, -0.15) is 0 Å². The Balaban J connectivity index is 2.36. The first kappa shape index (κ1) is 10.4. The zero-order valence-electron chi connectivity index (χ0n) is 8.80. The van der Waals surface area contributed by atoms with Crippen LogP contribution in [0.1, 0.15) is 5.56 Å². The summed E-state index contributed by atoms with van der Waals surface area (Å²) in [6.07, 6.45) is 0. The van der Waals surface area contributed by atoms with Gasteiger partial charge in [0.05, 0.1) is 0 Å². The lowest BCUT2D eigenvalue weighted by atomic mass is 10.0. The molecule has 2 rings (SSSR count). The van der Waals surface area contributed by atoms with Crippen LogP contribution < -0.4 is 0 Å². The van der Waals surface area contributed by atoms with E-state index in [1.165, 1.54) is 0 Å². The second-order valence-corrected chi connectivity index (χ2v) is 3.43. The molecule has 0 radical (unpaired) electrons. The summed E-state index contributed by atoms with van der Waals surface area (Å²) in [6.45, 7) is 0.788. The molecule has 0 N–H and O–H groups in total. The first-order valence-corrected chi connectivity index (χ1v) is 5.10. The average molecular weight is 212 g/mol. The van der Waals surface area contributed by atoms with Crippen LogP contribution >= 0.6 is 0 Å². The maximum absolute atomic E-state index is 10.2. The number of carbonyl (C=O) groups is 1. The molecule has 2 heteroatoms. The maximum atomic E-state index is 10.2. The minimum atomic E-state index is 0.314. The third-order valence-electron chi connectivity index (χ3n) is 2.41. The van der Waals surface area contributed by atoms with Crippen molar-refractivity contribution in [3.63, 3.8) is 0 Å². The van der Waals surface area contributed by atoms with Crippen LogP contribution in [0.4, 0.5) is 0 Å². The summed E-state index contributed by atoms with van der Waals surface area (Å²) in [5.74, 6) is 0. The van der Waals surface area contributed by atoms with Crippen LogP contribution in [0, 0.1) is 0 Å². The fourth-order valence-electron chi connectivity index (χ4n) is 1.67. The lowest BCUT2D eigenvalue weighted by molar-refractivity contribution is -0.129. The zero-order valence-corrected chi connectivity index (χ0v) is 8.80. The monoisotopic (exact) mass is 212 g/mol. The average Bonchev–Trinajstić information content (AvgIpc) is 2.38. The van der Waals surface area contributed by atoms with Crippen LogP contribution in [-0.2, 0) is 16.1 Å². The van der Waals surface area contributed by atoms with Gasteiger partial charge in [-0.15, -0.1) is 0 Å². The van der Waals surface area contributed by atoms with E-state index in [0.717, 1.165) is 16.7 Å². The highest BCUT2D eigenvalue weighted by molar-refractivity contribution is 5.67. The molecule has 0 saturated carbocycles. The first-order valence-electron chi connectivity index (χ1n) is 5.10. The van der Waals surface area contributed by atoms with E-state index in [1.54, 1.807) is 0 Å². The van der Waals surface area contributed by atoms with Gasteiger partial charge in [0.2, 0.25) is 0 Å². The Kier molecular flexibility index (Phi) is 3.34. The summed E-state index contributed by atoms with van der Waals surface area (Å²) in [4.78, 5) is 10.2. The Labute approximate surface area is 94.5 Å². The number of rotatable bonds is 4. The third-order valence-corrected chi connectivity index (χ3v) is 2.41. The summed E-state index contributed by atoms with van der Waals surface area (Å²) in [5, 5.41) is 0. The van der Waals surface area contributed by atoms with E-state index in [4.69, 9.17) is 4.74 Å². The predicted molar refractivity (Wildman–Crippen MR) is 62.7 cm³/mol. The molecule has 2 aromatic carbocycles. The van der Waals surface area contributed by atoms with Crippen molar-refractivity contribution in [2.45, 2.75) is 6.61 Å². The van der Waals surface area contributed by atoms with Gasteiger partial charge in [0.25, 0.3) is 6.47 Å². The number of ether oxygens (including phenoxy) is 1. The van der Waals surface area contributed by atoms with Crippen LogP contribution in [0.3, 0.4) is 0 Å². The Morgan fingerprint density at radius 1 is 0.938 bits per heavy atom. The highest BCUT2D eigenvalue weighted by Gasteiger charge is 2.03. The standard InChI is InChI=1S/C14H12O2/c15-11-16-10-13-8-4-5-9-14(13)12-6-2-1-3-7-12/h1-9,11H,10H2. The predicted octanol–water partition coefficient (Wildman–Crippen LogP) is 3.03. The summed E-state index contributed by atoms with van der Waals surface area (Å²) in [6, 6.07) is 18.0. The van der Waals surface area contributed by atoms with Crippen LogP contribution in [0.5, 0.6) is 0 Å². The number of hydrogen-bond acceptors (Lipinski definition) is 2. The van der Waals surface area contributed by atoms with Crippen LogP contribution in [0.2, 0.25) is 0 Å². The lowest BCUT2D eigenvalue weighted by Gasteiger charge is -2.08. The van der Waals surface area contributed by atoms with Gasteiger partial charge in [0.15, 0.2) is 0 Å². The van der Waals surface area contributed by atoms with Crippen LogP contribution in [0.25, 0.3) is 11.1 Å². The van der Waals surface area contributed by atoms with Crippen molar-refractivity contribution in [1.29, 1.82) is 0 Å². The zero-order chi connectivity index (χ0) is 11.2. The van der Waals surface area contributed by atoms with E-state index >= 15 is 0 Å². The smallest absolute Gasteiger partial charge is 0.293 e. The lowest BCUT2D eigenvalue weighted by Crippen LogP contribution is -1.93. The van der Waals surface area contributed by atoms with Gasteiger partial charge in [0, 0.05) is 0 Å². The number of carbonyl (C=O) groups excluding carboxylic acids is 1. The maximum Gasteiger partial charge on any atom is 0.293 e. The SMILES string of the molecule is O=COCc1ccccc1-c1ccccc1. The summed E-state index contributed by atoms with van der Waals surface area (Å²) in [7, 11) is 0. The van der Waals surface area contributed by atoms with Gasteiger partial charge in [-0.1, -0.05) is 54.6 Å². The third kappa shape index (κ3) is 2.28. The molecular weight excluding hydrogens is 200 g/mol. The van der Waals surface area contributed by atoms with Crippen molar-refractivity contribution in [3.05, 3.63) is 60.2 Å². The van der Waals surface area contributed by atoms with Gasteiger partial charge in [-0.05, 0) is 16.7 Å². The van der Waals surface area contributed by atoms with Crippen molar-refractivity contribution < 1.29 is 9.53 Å². The molecule has 0 aliphatic heterocycles. The molecular formula is C14H12O2. The topological polar surface area (TPSA) is 26.3 Å². The molecule has 2 aromatic rings. The van der Waals surface area contributed by atoms with E-state index in [-0.39, 0.29) is 0 Å². The molecule has 0 unspecified atom stereocenters. The Hall–Kier alpha value is -2.09. The first-order chi connectivity index (χ1) is 7.92. The molecule has 0 aromatic heterocycles. The van der Waals surface area contributed by atoms with E-state index < -0.39 is 0 Å². The highest BCUT2D eigenvalue weighted by Crippen LogP contribution is 2.23. The molecule has 80 valence electrons. The molecule has 0 fully saturated rings. The second-order valence-electron chi connectivity index (χ2n) is 3.43. The van der Waals surface area contributed by atoms with Crippen molar-refractivity contribution in [2.75, 3.05) is 0 Å². The fraction of sp³-hybridized carbons (Fsp3) is 0.0714. The van der Waals surface area contributed by atoms with Gasteiger partial charge in [0.1, 0.15) is 6.61 Å². The number of hydrogen-bond donors (Lipinski definition) is 0. The van der Waals surface area contributed by atoms with Crippen molar-refractivity contribution in [1.82, 2.24) is 0 Å². The van der Waals surface area contributed by atoms with Crippen molar-refractivity contribution in [2.24, 2.45) is 0 Å². The molecule has 16 heavy (non-hydrogen) atoms. The van der Waals surface area contributed by atoms with Crippen LogP contribution in [-0.4, -0.2) is 6.47 Å². The Morgan fingerprint density at radius 2 is 1.62 bits per heavy atom. The largest absolute Gasteiger partial charge is 0.463 e. The van der Waals surface area contributed by atoms with E-state index in [9.17, 15) is 4.79 Å². The fourth-order valence-corrected chi connectivity index (χ4v) is 1.67. The summed E-state index contributed by atoms with van der Waals surface area (Å²) in [5.41, 5.74) is 3.25. The molecule has 0 spiro atoms. The molecule has 0 bridgehead atoms. The quantitative estimate of drug-likeness (QED) is 0.728. The second kappa shape index (κ2) is 5.12. The van der Waals surface area contributed by atoms with Crippen molar-refractivity contribution >= 4 is 6.47 Å². The minimum Gasteiger partial charge on any atom is -0.463 e. The molecule has 0 aliphatic carbocycles. The molecule has 0 amide bonds. The normalized spacial score (nSPS) is 9.75. The van der Waals surface area contributed by atoms with Crippen molar-refractivity contribution in [3.8, 4) is 11.1 Å². The van der Waals surface area contributed by atoms with E-state index in [2.05, 4.69) is 0 Å². The van der Waals surface area contributed by atoms with Crippen LogP contribution in [0.15, 0.2) is 54.6 Å². The minimum absolute atomic E-state index is 0.314. The molecule has 0 atom stereocenters. The molecule has 0 heterocycles. The molecule has 0 aliphatic rings.